The zero-order chi connectivity index (χ0) is 10.1. The van der Waals surface area contributed by atoms with Gasteiger partial charge in [0.25, 0.3) is 0 Å². The SMILES string of the molecule is COc1c(C#N)ccc([C@@H]2CO2)c1Cl. The Morgan fingerprint density at radius 3 is 2.86 bits per heavy atom. The number of hydrogen-bond donors (Lipinski definition) is 0. The van der Waals surface area contributed by atoms with Gasteiger partial charge in [-0.3, -0.25) is 0 Å². The smallest absolute Gasteiger partial charge is 0.155 e. The molecule has 2 rings (SSSR count). The van der Waals surface area contributed by atoms with Crippen LogP contribution in [0.1, 0.15) is 17.2 Å². The van der Waals surface area contributed by atoms with Gasteiger partial charge in [-0.05, 0) is 6.07 Å². The maximum Gasteiger partial charge on any atom is 0.155 e. The van der Waals surface area contributed by atoms with E-state index in [1.165, 1.54) is 7.11 Å². The molecule has 1 aromatic carbocycles. The van der Waals surface area contributed by atoms with Crippen molar-refractivity contribution in [3.05, 3.63) is 28.3 Å². The van der Waals surface area contributed by atoms with E-state index in [4.69, 9.17) is 26.3 Å². The number of epoxide rings is 1. The molecule has 3 nitrogen and oxygen atoms in total. The number of benzene rings is 1. The molecule has 4 heteroatoms. The molecule has 1 aromatic rings. The average molecular weight is 210 g/mol. The number of rotatable bonds is 2. The molecule has 1 atom stereocenters. The summed E-state index contributed by atoms with van der Waals surface area (Å²) < 4.78 is 10.2. The molecule has 1 aliphatic heterocycles. The number of ether oxygens (including phenoxy) is 2. The highest BCUT2D eigenvalue weighted by Gasteiger charge is 2.29. The van der Waals surface area contributed by atoms with Crippen LogP contribution in [0.2, 0.25) is 5.02 Å². The maximum absolute atomic E-state index is 8.80. The molecular formula is C10H8ClNO2. The van der Waals surface area contributed by atoms with E-state index in [9.17, 15) is 0 Å². The zero-order valence-corrected chi connectivity index (χ0v) is 8.34. The molecule has 0 bridgehead atoms. The predicted molar refractivity (Wildman–Crippen MR) is 51.4 cm³/mol. The maximum atomic E-state index is 8.80. The van der Waals surface area contributed by atoms with Crippen LogP contribution in [0.15, 0.2) is 12.1 Å². The Labute approximate surface area is 86.8 Å². The fourth-order valence-electron chi connectivity index (χ4n) is 1.34. The van der Waals surface area contributed by atoms with Crippen LogP contribution in [0.25, 0.3) is 0 Å². The van der Waals surface area contributed by atoms with Crippen LogP contribution >= 0.6 is 11.6 Å². The van der Waals surface area contributed by atoms with E-state index in [-0.39, 0.29) is 6.10 Å². The summed E-state index contributed by atoms with van der Waals surface area (Å²) in [4.78, 5) is 0. The number of methoxy groups -OCH3 is 1. The number of nitrogens with zero attached hydrogens (tertiary/aromatic N) is 1. The van der Waals surface area contributed by atoms with E-state index < -0.39 is 0 Å². The highest BCUT2D eigenvalue weighted by Crippen LogP contribution is 2.40. The third-order valence-corrected chi connectivity index (χ3v) is 2.52. The second-order valence-corrected chi connectivity index (χ2v) is 3.36. The Bertz CT molecular complexity index is 407. The summed E-state index contributed by atoms with van der Waals surface area (Å²) >= 11 is 6.07. The lowest BCUT2D eigenvalue weighted by Gasteiger charge is -2.08. The van der Waals surface area contributed by atoms with Crippen molar-refractivity contribution in [2.24, 2.45) is 0 Å². The van der Waals surface area contributed by atoms with Crippen molar-refractivity contribution in [1.29, 1.82) is 5.26 Å². The zero-order valence-electron chi connectivity index (χ0n) is 7.58. The summed E-state index contributed by atoms with van der Waals surface area (Å²) in [6.45, 7) is 0.689. The summed E-state index contributed by atoms with van der Waals surface area (Å²) in [6.07, 6.45) is 0.0733. The Kier molecular flexibility index (Phi) is 2.32. The fraction of sp³-hybridized carbons (Fsp3) is 0.300. The lowest BCUT2D eigenvalue weighted by molar-refractivity contribution is 0.404. The highest BCUT2D eigenvalue weighted by atomic mass is 35.5. The lowest BCUT2D eigenvalue weighted by atomic mass is 10.1. The van der Waals surface area contributed by atoms with Gasteiger partial charge in [0.1, 0.15) is 12.2 Å². The molecule has 1 saturated heterocycles. The quantitative estimate of drug-likeness (QED) is 0.702. The summed E-state index contributed by atoms with van der Waals surface area (Å²) in [6, 6.07) is 5.53. The van der Waals surface area contributed by atoms with Crippen molar-refractivity contribution in [2.45, 2.75) is 6.10 Å². The minimum Gasteiger partial charge on any atom is -0.494 e. The Balaban J connectivity index is 2.52. The van der Waals surface area contributed by atoms with Gasteiger partial charge in [0, 0.05) is 5.56 Å². The molecule has 0 radical (unpaired) electrons. The third-order valence-electron chi connectivity index (χ3n) is 2.13. The molecule has 0 aromatic heterocycles. The van der Waals surface area contributed by atoms with Gasteiger partial charge in [-0.2, -0.15) is 5.26 Å². The van der Waals surface area contributed by atoms with Crippen LogP contribution in [0.4, 0.5) is 0 Å². The van der Waals surface area contributed by atoms with Crippen molar-refractivity contribution >= 4 is 11.6 Å². The van der Waals surface area contributed by atoms with E-state index in [1.54, 1.807) is 12.1 Å². The molecule has 72 valence electrons. The number of nitriles is 1. The van der Waals surface area contributed by atoms with Gasteiger partial charge in [0.05, 0.1) is 24.3 Å². The molecular weight excluding hydrogens is 202 g/mol. The molecule has 0 aliphatic carbocycles. The van der Waals surface area contributed by atoms with Crippen LogP contribution < -0.4 is 4.74 Å². The fourth-order valence-corrected chi connectivity index (χ4v) is 1.70. The van der Waals surface area contributed by atoms with E-state index in [1.807, 2.05) is 6.07 Å². The Morgan fingerprint density at radius 2 is 2.36 bits per heavy atom. The highest BCUT2D eigenvalue weighted by molar-refractivity contribution is 6.33. The first kappa shape index (κ1) is 9.32. The van der Waals surface area contributed by atoms with Crippen LogP contribution in [0.5, 0.6) is 5.75 Å². The van der Waals surface area contributed by atoms with Gasteiger partial charge in [0.2, 0.25) is 0 Å². The largest absolute Gasteiger partial charge is 0.494 e. The molecule has 0 N–H and O–H groups in total. The Morgan fingerprint density at radius 1 is 1.64 bits per heavy atom. The van der Waals surface area contributed by atoms with Crippen LogP contribution in [-0.4, -0.2) is 13.7 Å². The standard InChI is InChI=1S/C10H8ClNO2/c1-13-10-6(4-12)2-3-7(9(10)11)8-5-14-8/h2-3,8H,5H2,1H3/t8-/m0/s1. The summed E-state index contributed by atoms with van der Waals surface area (Å²) in [5.74, 6) is 0.433. The van der Waals surface area contributed by atoms with Crippen molar-refractivity contribution in [2.75, 3.05) is 13.7 Å². The molecule has 14 heavy (non-hydrogen) atoms. The number of halogens is 1. The lowest BCUT2D eigenvalue weighted by Crippen LogP contribution is -1.93. The van der Waals surface area contributed by atoms with E-state index in [2.05, 4.69) is 0 Å². The predicted octanol–water partition coefficient (Wildman–Crippen LogP) is 2.29. The van der Waals surface area contributed by atoms with Gasteiger partial charge in [-0.1, -0.05) is 17.7 Å². The van der Waals surface area contributed by atoms with Crippen molar-refractivity contribution in [3.63, 3.8) is 0 Å². The average Bonchev–Trinajstić information content (AvgIpc) is 3.00. The molecule has 0 spiro atoms. The molecule has 1 aliphatic rings. The molecule has 1 fully saturated rings. The summed E-state index contributed by atoms with van der Waals surface area (Å²) in [7, 11) is 1.50. The van der Waals surface area contributed by atoms with Gasteiger partial charge in [-0.25, -0.2) is 0 Å². The van der Waals surface area contributed by atoms with Crippen molar-refractivity contribution < 1.29 is 9.47 Å². The first-order valence-corrected chi connectivity index (χ1v) is 4.53. The van der Waals surface area contributed by atoms with Crippen molar-refractivity contribution in [3.8, 4) is 11.8 Å². The first-order chi connectivity index (χ1) is 6.77. The van der Waals surface area contributed by atoms with Gasteiger partial charge in [0.15, 0.2) is 5.75 Å². The van der Waals surface area contributed by atoms with Gasteiger partial charge >= 0.3 is 0 Å². The van der Waals surface area contributed by atoms with Crippen molar-refractivity contribution in [1.82, 2.24) is 0 Å². The first-order valence-electron chi connectivity index (χ1n) is 4.16. The Hall–Kier alpha value is -1.24. The van der Waals surface area contributed by atoms with Gasteiger partial charge < -0.3 is 9.47 Å². The van der Waals surface area contributed by atoms with E-state index in [0.717, 1.165) is 5.56 Å². The monoisotopic (exact) mass is 209 g/mol. The normalized spacial score (nSPS) is 18.8. The number of hydrogen-bond acceptors (Lipinski definition) is 3. The molecule has 0 unspecified atom stereocenters. The summed E-state index contributed by atoms with van der Waals surface area (Å²) in [5.41, 5.74) is 1.34. The minimum absolute atomic E-state index is 0.0733. The molecule has 0 amide bonds. The van der Waals surface area contributed by atoms with Gasteiger partial charge in [-0.15, -0.1) is 0 Å². The summed E-state index contributed by atoms with van der Waals surface area (Å²) in [5, 5.41) is 9.28. The molecule has 1 heterocycles. The second kappa shape index (κ2) is 3.49. The van der Waals surface area contributed by atoms with Crippen LogP contribution in [0.3, 0.4) is 0 Å². The third kappa shape index (κ3) is 1.43. The molecule has 0 saturated carbocycles. The van der Waals surface area contributed by atoms with E-state index >= 15 is 0 Å². The van der Waals surface area contributed by atoms with Crippen LogP contribution in [0, 0.1) is 11.3 Å². The van der Waals surface area contributed by atoms with E-state index in [0.29, 0.717) is 22.9 Å². The minimum atomic E-state index is 0.0733. The van der Waals surface area contributed by atoms with Crippen LogP contribution in [-0.2, 0) is 4.74 Å². The second-order valence-electron chi connectivity index (χ2n) is 2.98. The topological polar surface area (TPSA) is 45.5 Å².